The van der Waals surface area contributed by atoms with Crippen LogP contribution in [0.5, 0.6) is 5.75 Å². The first-order chi connectivity index (χ1) is 16.4. The van der Waals surface area contributed by atoms with Crippen molar-refractivity contribution in [1.82, 2.24) is 19.6 Å². The van der Waals surface area contributed by atoms with Crippen LogP contribution in [0, 0.1) is 13.8 Å². The van der Waals surface area contributed by atoms with Gasteiger partial charge < -0.3 is 19.3 Å². The van der Waals surface area contributed by atoms with E-state index < -0.39 is 0 Å². The van der Waals surface area contributed by atoms with Crippen LogP contribution < -0.4 is 4.74 Å². The Bertz CT molecular complexity index is 1180. The number of nitrogens with zero attached hydrogens (tertiary/aromatic N) is 4. The van der Waals surface area contributed by atoms with Gasteiger partial charge in [-0.05, 0) is 62.7 Å². The SMILES string of the molecule is CCOC(=O)N1CCN(C(=O)c2cc(-c3ccc(OC)cc3)nn2-c2ccc(C)cc2C)CC1. The van der Waals surface area contributed by atoms with Gasteiger partial charge in [0.05, 0.1) is 25.1 Å². The third-order valence-electron chi connectivity index (χ3n) is 5.99. The summed E-state index contributed by atoms with van der Waals surface area (Å²) in [7, 11) is 1.63. The Morgan fingerprint density at radius 3 is 2.24 bits per heavy atom. The fourth-order valence-corrected chi connectivity index (χ4v) is 4.13. The third kappa shape index (κ3) is 4.76. The first-order valence-electron chi connectivity index (χ1n) is 11.4. The molecule has 2 aromatic carbocycles. The highest BCUT2D eigenvalue weighted by atomic mass is 16.6. The zero-order chi connectivity index (χ0) is 24.2. The number of aryl methyl sites for hydroxylation is 2. The molecule has 0 saturated carbocycles. The van der Waals surface area contributed by atoms with Gasteiger partial charge in [-0.2, -0.15) is 5.10 Å². The van der Waals surface area contributed by atoms with Gasteiger partial charge in [0.1, 0.15) is 11.4 Å². The van der Waals surface area contributed by atoms with E-state index in [9.17, 15) is 9.59 Å². The van der Waals surface area contributed by atoms with Gasteiger partial charge >= 0.3 is 6.09 Å². The van der Waals surface area contributed by atoms with E-state index in [1.807, 2.05) is 56.3 Å². The number of aromatic nitrogens is 2. The molecule has 8 heteroatoms. The number of carbonyl (C=O) groups is 2. The molecule has 2 heterocycles. The fraction of sp³-hybridized carbons (Fsp3) is 0.346. The number of hydrogen-bond donors (Lipinski definition) is 0. The molecule has 1 fully saturated rings. The molecule has 1 aromatic heterocycles. The Morgan fingerprint density at radius 2 is 1.62 bits per heavy atom. The molecule has 0 unspecified atom stereocenters. The van der Waals surface area contributed by atoms with Crippen LogP contribution in [0.3, 0.4) is 0 Å². The Morgan fingerprint density at radius 1 is 0.941 bits per heavy atom. The van der Waals surface area contributed by atoms with Gasteiger partial charge in [-0.1, -0.05) is 17.7 Å². The standard InChI is InChI=1S/C26H30N4O4/c1-5-34-26(32)29-14-12-28(13-15-29)25(31)24-17-22(20-7-9-21(33-4)10-8-20)27-30(24)23-11-6-18(2)16-19(23)3/h6-11,16-17H,5,12-15H2,1-4H3. The Hall–Kier alpha value is -3.81. The Kier molecular flexibility index (Phi) is 6.86. The molecule has 1 saturated heterocycles. The van der Waals surface area contributed by atoms with E-state index in [-0.39, 0.29) is 12.0 Å². The molecule has 1 aliphatic heterocycles. The van der Waals surface area contributed by atoms with Gasteiger partial charge in [0, 0.05) is 31.7 Å². The number of methoxy groups -OCH3 is 1. The first kappa shape index (κ1) is 23.4. The van der Waals surface area contributed by atoms with Gasteiger partial charge in [0.25, 0.3) is 5.91 Å². The monoisotopic (exact) mass is 462 g/mol. The van der Waals surface area contributed by atoms with Gasteiger partial charge in [-0.15, -0.1) is 0 Å². The summed E-state index contributed by atoms with van der Waals surface area (Å²) in [6.45, 7) is 7.93. The van der Waals surface area contributed by atoms with E-state index >= 15 is 0 Å². The molecule has 8 nitrogen and oxygen atoms in total. The van der Waals surface area contributed by atoms with Crippen LogP contribution in [0.15, 0.2) is 48.5 Å². The zero-order valence-electron chi connectivity index (χ0n) is 20.1. The van der Waals surface area contributed by atoms with Crippen molar-refractivity contribution in [1.29, 1.82) is 0 Å². The summed E-state index contributed by atoms with van der Waals surface area (Å²) >= 11 is 0. The van der Waals surface area contributed by atoms with Gasteiger partial charge in [0.2, 0.25) is 0 Å². The molecule has 1 aliphatic rings. The van der Waals surface area contributed by atoms with E-state index in [4.69, 9.17) is 14.6 Å². The van der Waals surface area contributed by atoms with E-state index in [2.05, 4.69) is 6.07 Å². The van der Waals surface area contributed by atoms with Crippen molar-refractivity contribution in [3.63, 3.8) is 0 Å². The van der Waals surface area contributed by atoms with Crippen molar-refractivity contribution in [3.05, 3.63) is 65.4 Å². The summed E-state index contributed by atoms with van der Waals surface area (Å²) < 4.78 is 12.1. The third-order valence-corrected chi connectivity index (χ3v) is 5.99. The topological polar surface area (TPSA) is 76.9 Å². The lowest BCUT2D eigenvalue weighted by molar-refractivity contribution is 0.0563. The molecule has 0 atom stereocenters. The second kappa shape index (κ2) is 9.99. The number of piperazine rings is 1. The summed E-state index contributed by atoms with van der Waals surface area (Å²) in [4.78, 5) is 29.1. The van der Waals surface area contributed by atoms with Crippen molar-refractivity contribution >= 4 is 12.0 Å². The minimum absolute atomic E-state index is 0.115. The fourth-order valence-electron chi connectivity index (χ4n) is 4.13. The lowest BCUT2D eigenvalue weighted by Gasteiger charge is -2.34. The van der Waals surface area contributed by atoms with Crippen LogP contribution in [-0.2, 0) is 4.74 Å². The highest BCUT2D eigenvalue weighted by molar-refractivity contribution is 5.94. The van der Waals surface area contributed by atoms with Crippen LogP contribution in [0.1, 0.15) is 28.5 Å². The van der Waals surface area contributed by atoms with Crippen molar-refractivity contribution in [2.75, 3.05) is 39.9 Å². The number of hydrogen-bond acceptors (Lipinski definition) is 5. The molecule has 4 rings (SSSR count). The maximum absolute atomic E-state index is 13.6. The maximum Gasteiger partial charge on any atom is 0.409 e. The smallest absolute Gasteiger partial charge is 0.409 e. The lowest BCUT2D eigenvalue weighted by atomic mass is 10.1. The Balaban J connectivity index is 1.67. The van der Waals surface area contributed by atoms with Crippen molar-refractivity contribution in [3.8, 4) is 22.7 Å². The summed E-state index contributed by atoms with van der Waals surface area (Å²) in [6, 6.07) is 15.5. The second-order valence-electron chi connectivity index (χ2n) is 8.32. The molecular formula is C26H30N4O4. The van der Waals surface area contributed by atoms with Crippen molar-refractivity contribution in [2.45, 2.75) is 20.8 Å². The van der Waals surface area contributed by atoms with Crippen molar-refractivity contribution in [2.24, 2.45) is 0 Å². The number of ether oxygens (including phenoxy) is 2. The minimum Gasteiger partial charge on any atom is -0.497 e. The maximum atomic E-state index is 13.6. The molecule has 178 valence electrons. The average Bonchev–Trinajstić information content (AvgIpc) is 3.29. The van der Waals surface area contributed by atoms with Crippen LogP contribution >= 0.6 is 0 Å². The summed E-state index contributed by atoms with van der Waals surface area (Å²) in [6.07, 6.45) is -0.336. The number of carbonyl (C=O) groups excluding carboxylic acids is 2. The van der Waals surface area contributed by atoms with Crippen LogP contribution in [0.2, 0.25) is 0 Å². The second-order valence-corrected chi connectivity index (χ2v) is 8.32. The molecular weight excluding hydrogens is 432 g/mol. The molecule has 0 radical (unpaired) electrons. The quantitative estimate of drug-likeness (QED) is 0.571. The molecule has 3 aromatic rings. The summed E-state index contributed by atoms with van der Waals surface area (Å²) in [5.74, 6) is 0.643. The number of benzene rings is 2. The van der Waals surface area contributed by atoms with Gasteiger partial charge in [0.15, 0.2) is 0 Å². The predicted octanol–water partition coefficient (Wildman–Crippen LogP) is 4.08. The molecule has 0 N–H and O–H groups in total. The van der Waals surface area contributed by atoms with E-state index in [1.54, 1.807) is 28.5 Å². The molecule has 2 amide bonds. The zero-order valence-corrected chi connectivity index (χ0v) is 20.1. The van der Waals surface area contributed by atoms with Crippen LogP contribution in [0.25, 0.3) is 16.9 Å². The summed E-state index contributed by atoms with van der Waals surface area (Å²) in [5, 5.41) is 4.82. The number of amides is 2. The minimum atomic E-state index is -0.336. The van der Waals surface area contributed by atoms with Crippen LogP contribution in [0.4, 0.5) is 4.79 Å². The highest BCUT2D eigenvalue weighted by Gasteiger charge is 2.28. The lowest BCUT2D eigenvalue weighted by Crippen LogP contribution is -2.51. The normalized spacial score (nSPS) is 13.6. The van der Waals surface area contributed by atoms with E-state index in [0.29, 0.717) is 44.2 Å². The van der Waals surface area contributed by atoms with Crippen LogP contribution in [-0.4, -0.2) is 71.5 Å². The average molecular weight is 463 g/mol. The van der Waals surface area contributed by atoms with Gasteiger partial charge in [-0.25, -0.2) is 9.48 Å². The number of rotatable bonds is 5. The van der Waals surface area contributed by atoms with Crippen molar-refractivity contribution < 1.29 is 19.1 Å². The van der Waals surface area contributed by atoms with Gasteiger partial charge in [-0.3, -0.25) is 4.79 Å². The Labute approximate surface area is 199 Å². The molecule has 34 heavy (non-hydrogen) atoms. The predicted molar refractivity (Wildman–Crippen MR) is 130 cm³/mol. The highest BCUT2D eigenvalue weighted by Crippen LogP contribution is 2.26. The molecule has 0 aliphatic carbocycles. The largest absolute Gasteiger partial charge is 0.497 e. The van der Waals surface area contributed by atoms with E-state index in [0.717, 1.165) is 28.1 Å². The first-order valence-corrected chi connectivity index (χ1v) is 11.4. The van der Waals surface area contributed by atoms with E-state index in [1.165, 1.54) is 0 Å². The molecule has 0 spiro atoms. The molecule has 0 bridgehead atoms. The summed E-state index contributed by atoms with van der Waals surface area (Å²) in [5.41, 5.74) is 5.13.